The van der Waals surface area contributed by atoms with Crippen molar-refractivity contribution >= 4 is 17.5 Å². The lowest BCUT2D eigenvalue weighted by Gasteiger charge is -2.21. The maximum Gasteiger partial charge on any atom is 0.253 e. The van der Waals surface area contributed by atoms with Crippen molar-refractivity contribution in [3.63, 3.8) is 0 Å². The van der Waals surface area contributed by atoms with Gasteiger partial charge in [0.1, 0.15) is 13.2 Å². The van der Waals surface area contributed by atoms with E-state index in [1.807, 2.05) is 67.4 Å². The summed E-state index contributed by atoms with van der Waals surface area (Å²) < 4.78 is 11.2. The van der Waals surface area contributed by atoms with Crippen LogP contribution in [0.5, 0.6) is 11.5 Å². The first-order valence-corrected chi connectivity index (χ1v) is 11.3. The molecule has 2 amide bonds. The summed E-state index contributed by atoms with van der Waals surface area (Å²) in [6.07, 6.45) is 0. The SMILES string of the molecule is CC(NC(=O)c1ccccc1NC(=O)CN(C)Cc1ccc2c(c1)OCCO2)c1ccccc1. The van der Waals surface area contributed by atoms with Crippen LogP contribution in [0.4, 0.5) is 5.69 Å². The van der Waals surface area contributed by atoms with E-state index in [1.165, 1.54) is 0 Å². The van der Waals surface area contributed by atoms with Gasteiger partial charge in [-0.3, -0.25) is 14.5 Å². The van der Waals surface area contributed by atoms with Crippen LogP contribution in [0.3, 0.4) is 0 Å². The van der Waals surface area contributed by atoms with Crippen LogP contribution in [-0.4, -0.2) is 43.5 Å². The number of benzene rings is 3. The number of fused-ring (bicyclic) bond motifs is 1. The van der Waals surface area contributed by atoms with Gasteiger partial charge >= 0.3 is 0 Å². The summed E-state index contributed by atoms with van der Waals surface area (Å²) in [5.74, 6) is 1.03. The van der Waals surface area contributed by atoms with Crippen LogP contribution in [0, 0.1) is 0 Å². The van der Waals surface area contributed by atoms with Gasteiger partial charge in [0.15, 0.2) is 11.5 Å². The Bertz CT molecular complexity index is 1150. The van der Waals surface area contributed by atoms with E-state index < -0.39 is 0 Å². The van der Waals surface area contributed by atoms with Crippen LogP contribution in [0.25, 0.3) is 0 Å². The fourth-order valence-corrected chi connectivity index (χ4v) is 3.88. The number of rotatable bonds is 8. The molecular formula is C27H29N3O4. The second-order valence-electron chi connectivity index (χ2n) is 8.35. The third-order valence-corrected chi connectivity index (χ3v) is 5.57. The van der Waals surface area contributed by atoms with E-state index >= 15 is 0 Å². The molecule has 0 saturated heterocycles. The van der Waals surface area contributed by atoms with Crippen molar-refractivity contribution in [1.29, 1.82) is 0 Å². The van der Waals surface area contributed by atoms with Crippen molar-refractivity contribution in [2.45, 2.75) is 19.5 Å². The Kier molecular flexibility index (Phi) is 7.44. The maximum absolute atomic E-state index is 12.9. The van der Waals surface area contributed by atoms with Crippen LogP contribution in [0.15, 0.2) is 72.8 Å². The first-order valence-electron chi connectivity index (χ1n) is 11.3. The van der Waals surface area contributed by atoms with Crippen molar-refractivity contribution in [2.75, 3.05) is 32.1 Å². The van der Waals surface area contributed by atoms with E-state index in [0.717, 1.165) is 22.6 Å². The third-order valence-electron chi connectivity index (χ3n) is 5.57. The van der Waals surface area contributed by atoms with Crippen LogP contribution >= 0.6 is 0 Å². The van der Waals surface area contributed by atoms with Gasteiger partial charge < -0.3 is 20.1 Å². The summed E-state index contributed by atoms with van der Waals surface area (Å²) in [6.45, 7) is 3.76. The first-order chi connectivity index (χ1) is 16.5. The number of anilines is 1. The smallest absolute Gasteiger partial charge is 0.253 e. The number of carbonyl (C=O) groups is 2. The Hall–Kier alpha value is -3.84. The predicted octanol–water partition coefficient (Wildman–Crippen LogP) is 4.02. The van der Waals surface area contributed by atoms with Gasteiger partial charge in [-0.25, -0.2) is 0 Å². The van der Waals surface area contributed by atoms with Gasteiger partial charge in [0, 0.05) is 6.54 Å². The topological polar surface area (TPSA) is 79.9 Å². The van der Waals surface area contributed by atoms with E-state index in [-0.39, 0.29) is 24.4 Å². The van der Waals surface area contributed by atoms with Crippen LogP contribution < -0.4 is 20.1 Å². The minimum atomic E-state index is -0.239. The fourth-order valence-electron chi connectivity index (χ4n) is 3.88. The number of ether oxygens (including phenoxy) is 2. The number of para-hydroxylation sites is 1. The van der Waals surface area contributed by atoms with Gasteiger partial charge in [0.2, 0.25) is 5.91 Å². The van der Waals surface area contributed by atoms with Gasteiger partial charge in [-0.05, 0) is 49.4 Å². The highest BCUT2D eigenvalue weighted by molar-refractivity contribution is 6.04. The second kappa shape index (κ2) is 10.9. The summed E-state index contributed by atoms with van der Waals surface area (Å²) in [5.41, 5.74) is 2.94. The minimum absolute atomic E-state index is 0.158. The van der Waals surface area contributed by atoms with E-state index in [1.54, 1.807) is 24.3 Å². The van der Waals surface area contributed by atoms with Gasteiger partial charge in [-0.2, -0.15) is 0 Å². The molecule has 0 bridgehead atoms. The first kappa shape index (κ1) is 23.3. The van der Waals surface area contributed by atoms with E-state index in [0.29, 0.717) is 31.0 Å². The molecule has 0 saturated carbocycles. The Morgan fingerprint density at radius 2 is 1.65 bits per heavy atom. The summed E-state index contributed by atoms with van der Waals surface area (Å²) in [6, 6.07) is 22.4. The molecule has 4 rings (SSSR count). The molecule has 7 heteroatoms. The third kappa shape index (κ3) is 5.94. The van der Waals surface area contributed by atoms with Crippen LogP contribution in [-0.2, 0) is 11.3 Å². The Labute approximate surface area is 199 Å². The quantitative estimate of drug-likeness (QED) is 0.532. The predicted molar refractivity (Wildman–Crippen MR) is 131 cm³/mol. The lowest BCUT2D eigenvalue weighted by molar-refractivity contribution is -0.117. The molecule has 1 aliphatic heterocycles. The second-order valence-corrected chi connectivity index (χ2v) is 8.35. The molecule has 0 fully saturated rings. The largest absolute Gasteiger partial charge is 0.486 e. The molecule has 1 heterocycles. The van der Waals surface area contributed by atoms with Crippen molar-refractivity contribution in [3.05, 3.63) is 89.5 Å². The molecule has 3 aromatic rings. The van der Waals surface area contributed by atoms with Crippen molar-refractivity contribution in [3.8, 4) is 11.5 Å². The number of carbonyl (C=O) groups excluding carboxylic acids is 2. The van der Waals surface area contributed by atoms with Gasteiger partial charge in [-0.1, -0.05) is 48.5 Å². The molecule has 176 valence electrons. The lowest BCUT2D eigenvalue weighted by Crippen LogP contribution is -2.31. The summed E-state index contributed by atoms with van der Waals surface area (Å²) >= 11 is 0. The van der Waals surface area contributed by atoms with Crippen LogP contribution in [0.1, 0.15) is 34.5 Å². The van der Waals surface area contributed by atoms with Gasteiger partial charge in [0.05, 0.1) is 23.8 Å². The van der Waals surface area contributed by atoms with Gasteiger partial charge in [0.25, 0.3) is 5.91 Å². The molecule has 0 spiro atoms. The number of likely N-dealkylation sites (N-methyl/N-ethyl adjacent to an activating group) is 1. The number of nitrogens with one attached hydrogen (secondary N) is 2. The standard InChI is InChI=1S/C27H29N3O4/c1-19(21-8-4-3-5-9-21)28-27(32)22-10-6-7-11-23(22)29-26(31)18-30(2)17-20-12-13-24-25(16-20)34-15-14-33-24/h3-13,16,19H,14-15,17-18H2,1-2H3,(H,28,32)(H,29,31). The minimum Gasteiger partial charge on any atom is -0.486 e. The van der Waals surface area contributed by atoms with E-state index in [2.05, 4.69) is 10.6 Å². The molecule has 34 heavy (non-hydrogen) atoms. The Morgan fingerprint density at radius 3 is 2.44 bits per heavy atom. The number of hydrogen-bond donors (Lipinski definition) is 2. The normalized spacial score (nSPS) is 13.3. The van der Waals surface area contributed by atoms with E-state index in [9.17, 15) is 9.59 Å². The fraction of sp³-hybridized carbons (Fsp3) is 0.259. The molecule has 0 radical (unpaired) electrons. The lowest BCUT2D eigenvalue weighted by atomic mass is 10.1. The Morgan fingerprint density at radius 1 is 0.941 bits per heavy atom. The van der Waals surface area contributed by atoms with Crippen LogP contribution in [0.2, 0.25) is 0 Å². The zero-order chi connectivity index (χ0) is 23.9. The zero-order valence-electron chi connectivity index (χ0n) is 19.4. The average molecular weight is 460 g/mol. The Balaban J connectivity index is 1.35. The molecule has 1 unspecified atom stereocenters. The highest BCUT2D eigenvalue weighted by Crippen LogP contribution is 2.31. The number of hydrogen-bond acceptors (Lipinski definition) is 5. The molecule has 2 N–H and O–H groups in total. The summed E-state index contributed by atoms with van der Waals surface area (Å²) in [5, 5.41) is 5.89. The highest BCUT2D eigenvalue weighted by atomic mass is 16.6. The molecule has 3 aromatic carbocycles. The molecule has 7 nitrogen and oxygen atoms in total. The molecule has 0 aromatic heterocycles. The molecule has 1 aliphatic rings. The van der Waals surface area contributed by atoms with Crippen molar-refractivity contribution in [2.24, 2.45) is 0 Å². The van der Waals surface area contributed by atoms with Crippen molar-refractivity contribution < 1.29 is 19.1 Å². The zero-order valence-corrected chi connectivity index (χ0v) is 19.4. The monoisotopic (exact) mass is 459 g/mol. The maximum atomic E-state index is 12.9. The average Bonchev–Trinajstić information content (AvgIpc) is 2.84. The summed E-state index contributed by atoms with van der Waals surface area (Å²) in [4.78, 5) is 27.6. The molecular weight excluding hydrogens is 430 g/mol. The van der Waals surface area contributed by atoms with Gasteiger partial charge in [-0.15, -0.1) is 0 Å². The molecule has 1 atom stereocenters. The van der Waals surface area contributed by atoms with E-state index in [4.69, 9.17) is 9.47 Å². The summed E-state index contributed by atoms with van der Waals surface area (Å²) in [7, 11) is 1.87. The molecule has 0 aliphatic carbocycles. The number of amides is 2. The highest BCUT2D eigenvalue weighted by Gasteiger charge is 2.17. The van der Waals surface area contributed by atoms with Crippen molar-refractivity contribution in [1.82, 2.24) is 10.2 Å². The number of nitrogens with zero attached hydrogens (tertiary/aromatic N) is 1.